The molecule has 0 aromatic heterocycles. The lowest BCUT2D eigenvalue weighted by Crippen LogP contribution is -2.09. The monoisotopic (exact) mass is 275 g/mol. The van der Waals surface area contributed by atoms with Crippen molar-refractivity contribution in [1.29, 1.82) is 0 Å². The van der Waals surface area contributed by atoms with Gasteiger partial charge < -0.3 is 14.0 Å². The molecule has 1 aromatic rings. The van der Waals surface area contributed by atoms with Crippen molar-refractivity contribution in [2.24, 2.45) is 0 Å². The molecule has 1 aromatic carbocycles. The predicted octanol–water partition coefficient (Wildman–Crippen LogP) is 1.46. The molecule has 0 aliphatic carbocycles. The van der Waals surface area contributed by atoms with Gasteiger partial charge in [-0.15, -0.1) is 0 Å². The number of carbonyl (C=O) groups excluding carboxylic acids is 1. The summed E-state index contributed by atoms with van der Waals surface area (Å²) in [5.41, 5.74) is -0.205. The van der Waals surface area contributed by atoms with E-state index in [9.17, 15) is 19.1 Å². The minimum absolute atomic E-state index is 0.251. The number of ether oxygens (including phenoxy) is 2. The molecule has 9 heteroatoms. The molecular weight excluding hydrogens is 266 g/mol. The molecule has 0 heterocycles. The molecule has 0 saturated carbocycles. The molecule has 1 atom stereocenters. The Hall–Kier alpha value is -2.00. The van der Waals surface area contributed by atoms with Gasteiger partial charge >= 0.3 is 11.8 Å². The van der Waals surface area contributed by atoms with Gasteiger partial charge in [-0.2, -0.15) is 0 Å². The summed E-state index contributed by atoms with van der Waals surface area (Å²) in [5, 5.41) is 10.8. The number of rotatable bonds is 4. The average Bonchev–Trinajstić information content (AvgIpc) is 2.29. The maximum atomic E-state index is 10.9. The lowest BCUT2D eigenvalue weighted by atomic mass is 10.2. The van der Waals surface area contributed by atoms with Crippen LogP contribution < -0.4 is 4.74 Å². The summed E-state index contributed by atoms with van der Waals surface area (Å²) < 4.78 is 28.1. The van der Waals surface area contributed by atoms with E-state index in [0.717, 1.165) is 19.2 Å². The normalized spacial score (nSPS) is 11.7. The van der Waals surface area contributed by atoms with Gasteiger partial charge in [-0.3, -0.25) is 10.1 Å². The summed E-state index contributed by atoms with van der Waals surface area (Å²) in [4.78, 5) is 20.9. The zero-order valence-electron chi connectivity index (χ0n) is 9.19. The third-order valence-electron chi connectivity index (χ3n) is 1.87. The van der Waals surface area contributed by atoms with E-state index in [1.807, 2.05) is 0 Å². The van der Waals surface area contributed by atoms with Crippen molar-refractivity contribution >= 4 is 22.9 Å². The molecular formula is C9H9NO7S. The highest BCUT2D eigenvalue weighted by Gasteiger charge is 2.19. The number of methoxy groups -OCH3 is 1. The first-order chi connectivity index (χ1) is 8.43. The molecule has 8 nitrogen and oxygen atoms in total. The predicted molar refractivity (Wildman–Crippen MR) is 60.6 cm³/mol. The molecule has 1 unspecified atom stereocenters. The second-order valence-electron chi connectivity index (χ2n) is 3.08. The molecule has 98 valence electrons. The van der Waals surface area contributed by atoms with Gasteiger partial charge in [-0.25, -0.2) is 9.00 Å². The van der Waals surface area contributed by atoms with Crippen molar-refractivity contribution in [3.8, 4) is 5.75 Å². The molecule has 0 aliphatic rings. The molecule has 18 heavy (non-hydrogen) atoms. The number of hydrogen-bond donors (Lipinski definition) is 1. The van der Waals surface area contributed by atoms with E-state index < -0.39 is 27.8 Å². The Morgan fingerprint density at radius 3 is 2.72 bits per heavy atom. The molecule has 0 radical (unpaired) electrons. The molecule has 0 amide bonds. The van der Waals surface area contributed by atoms with Crippen LogP contribution in [0.4, 0.5) is 10.5 Å². The fraction of sp³-hybridized carbons (Fsp3) is 0.222. The van der Waals surface area contributed by atoms with Crippen LogP contribution in [0, 0.1) is 10.1 Å². The maximum absolute atomic E-state index is 10.9. The highest BCUT2D eigenvalue weighted by atomic mass is 32.2. The zero-order chi connectivity index (χ0) is 13.7. The highest BCUT2D eigenvalue weighted by Crippen LogP contribution is 2.28. The Kier molecular flexibility index (Phi) is 4.75. The second kappa shape index (κ2) is 6.07. The lowest BCUT2D eigenvalue weighted by Gasteiger charge is -2.05. The fourth-order valence-electron chi connectivity index (χ4n) is 1.16. The number of nitrogens with zero attached hydrogens (tertiary/aromatic N) is 1. The van der Waals surface area contributed by atoms with Gasteiger partial charge in [0, 0.05) is 6.07 Å². The molecule has 0 bridgehead atoms. The standard InChI is InChI=1S/C9H9NO7S/c1-16-9(11)17-8-3-2-6(5-18(14)15)4-7(8)10(12)13/h2-4H,5H2,1H3,(H,14,15). The number of nitro groups is 1. The summed E-state index contributed by atoms with van der Waals surface area (Å²) in [7, 11) is 1.07. The summed E-state index contributed by atoms with van der Waals surface area (Å²) in [5.74, 6) is -0.543. The van der Waals surface area contributed by atoms with Gasteiger partial charge in [0.2, 0.25) is 5.75 Å². The Morgan fingerprint density at radius 1 is 1.56 bits per heavy atom. The molecule has 0 spiro atoms. The fourth-order valence-corrected chi connectivity index (χ4v) is 1.62. The number of nitro benzene ring substituents is 1. The summed E-state index contributed by atoms with van der Waals surface area (Å²) in [6.07, 6.45) is -1.09. The Balaban J connectivity index is 3.08. The van der Waals surface area contributed by atoms with Crippen molar-refractivity contribution in [3.63, 3.8) is 0 Å². The van der Waals surface area contributed by atoms with Crippen molar-refractivity contribution < 1.29 is 28.0 Å². The molecule has 0 saturated heterocycles. The Bertz CT molecular complexity index is 502. The van der Waals surface area contributed by atoms with E-state index in [-0.39, 0.29) is 17.1 Å². The highest BCUT2D eigenvalue weighted by molar-refractivity contribution is 7.78. The number of benzene rings is 1. The minimum Gasteiger partial charge on any atom is -0.437 e. The van der Waals surface area contributed by atoms with Crippen LogP contribution in [-0.2, 0) is 21.6 Å². The van der Waals surface area contributed by atoms with Crippen LogP contribution in [0.5, 0.6) is 5.75 Å². The molecule has 1 N–H and O–H groups in total. The Labute approximate surface area is 104 Å². The van der Waals surface area contributed by atoms with Crippen molar-refractivity contribution in [3.05, 3.63) is 33.9 Å². The van der Waals surface area contributed by atoms with Crippen LogP contribution in [0.2, 0.25) is 0 Å². The zero-order valence-corrected chi connectivity index (χ0v) is 10.0. The Morgan fingerprint density at radius 2 is 2.22 bits per heavy atom. The van der Waals surface area contributed by atoms with Crippen LogP contribution in [0.3, 0.4) is 0 Å². The SMILES string of the molecule is COC(=O)Oc1ccc(CS(=O)O)cc1[N+](=O)[O-]. The third-order valence-corrected chi connectivity index (χ3v) is 2.45. The van der Waals surface area contributed by atoms with Crippen LogP contribution in [0.15, 0.2) is 18.2 Å². The molecule has 0 fully saturated rings. The van der Waals surface area contributed by atoms with E-state index in [4.69, 9.17) is 4.55 Å². The van der Waals surface area contributed by atoms with E-state index in [1.165, 1.54) is 6.07 Å². The van der Waals surface area contributed by atoms with Crippen LogP contribution in [0.1, 0.15) is 5.56 Å². The first-order valence-corrected chi connectivity index (χ1v) is 5.82. The second-order valence-corrected chi connectivity index (χ2v) is 4.01. The van der Waals surface area contributed by atoms with Crippen molar-refractivity contribution in [1.82, 2.24) is 0 Å². The van der Waals surface area contributed by atoms with E-state index in [2.05, 4.69) is 9.47 Å². The van der Waals surface area contributed by atoms with Crippen LogP contribution in [0.25, 0.3) is 0 Å². The quantitative estimate of drug-likeness (QED) is 0.290. The third kappa shape index (κ3) is 3.79. The summed E-state index contributed by atoms with van der Waals surface area (Å²) in [6, 6.07) is 3.57. The smallest absolute Gasteiger partial charge is 0.437 e. The van der Waals surface area contributed by atoms with Crippen LogP contribution in [-0.4, -0.2) is 27.0 Å². The average molecular weight is 275 g/mol. The van der Waals surface area contributed by atoms with Gasteiger partial charge in [0.1, 0.15) is 0 Å². The van der Waals surface area contributed by atoms with E-state index >= 15 is 0 Å². The maximum Gasteiger partial charge on any atom is 0.513 e. The van der Waals surface area contributed by atoms with Gasteiger partial charge in [0.05, 0.1) is 17.8 Å². The van der Waals surface area contributed by atoms with Crippen molar-refractivity contribution in [2.45, 2.75) is 5.75 Å². The largest absolute Gasteiger partial charge is 0.513 e. The topological polar surface area (TPSA) is 116 Å². The van der Waals surface area contributed by atoms with Crippen LogP contribution >= 0.6 is 0 Å². The van der Waals surface area contributed by atoms with Gasteiger partial charge in [0.25, 0.3) is 0 Å². The van der Waals surface area contributed by atoms with Crippen molar-refractivity contribution in [2.75, 3.05) is 7.11 Å². The molecule has 1 rings (SSSR count). The van der Waals surface area contributed by atoms with E-state index in [1.54, 1.807) is 0 Å². The van der Waals surface area contributed by atoms with Gasteiger partial charge in [-0.05, 0) is 11.6 Å². The minimum atomic E-state index is -2.11. The lowest BCUT2D eigenvalue weighted by molar-refractivity contribution is -0.385. The summed E-state index contributed by atoms with van der Waals surface area (Å²) in [6.45, 7) is 0. The number of hydrogen-bond acceptors (Lipinski definition) is 6. The first-order valence-electron chi connectivity index (χ1n) is 4.54. The first kappa shape index (κ1) is 14.1. The van der Waals surface area contributed by atoms with Gasteiger partial charge in [-0.1, -0.05) is 6.07 Å². The summed E-state index contributed by atoms with van der Waals surface area (Å²) >= 11 is -2.11. The van der Waals surface area contributed by atoms with E-state index in [0.29, 0.717) is 0 Å². The number of carbonyl (C=O) groups is 1. The molecule has 0 aliphatic heterocycles. The van der Waals surface area contributed by atoms with Gasteiger partial charge in [0.15, 0.2) is 11.1 Å².